The number of carbonyl (C=O) groups excluding carboxylic acids is 4. The predicted molar refractivity (Wildman–Crippen MR) is 158 cm³/mol. The summed E-state index contributed by atoms with van der Waals surface area (Å²) < 4.78 is 5.47. The SMILES string of the molecule is C=CC(=O)NCCCC[C@H](CC(=O)OCc1ccccc1)C(=O)N1CCN(C(=O)c2ccc3ccccc3c2)CC1. The Balaban J connectivity index is 1.33. The number of unbranched alkanes of at least 4 members (excludes halogenated alkanes) is 1. The van der Waals surface area contributed by atoms with E-state index in [9.17, 15) is 19.2 Å². The summed E-state index contributed by atoms with van der Waals surface area (Å²) in [6, 6.07) is 23.0. The summed E-state index contributed by atoms with van der Waals surface area (Å²) >= 11 is 0. The summed E-state index contributed by atoms with van der Waals surface area (Å²) in [4.78, 5) is 54.4. The average molecular weight is 556 g/mol. The van der Waals surface area contributed by atoms with Crippen LogP contribution >= 0.6 is 0 Å². The highest BCUT2D eigenvalue weighted by molar-refractivity contribution is 5.98. The van der Waals surface area contributed by atoms with Gasteiger partial charge in [-0.2, -0.15) is 0 Å². The molecular weight excluding hydrogens is 518 g/mol. The minimum Gasteiger partial charge on any atom is -0.461 e. The van der Waals surface area contributed by atoms with Crippen LogP contribution in [0.25, 0.3) is 10.8 Å². The number of piperazine rings is 1. The van der Waals surface area contributed by atoms with Crippen molar-refractivity contribution in [3.05, 3.63) is 96.6 Å². The lowest BCUT2D eigenvalue weighted by molar-refractivity contribution is -0.150. The largest absolute Gasteiger partial charge is 0.461 e. The van der Waals surface area contributed by atoms with Crippen LogP contribution in [0.3, 0.4) is 0 Å². The van der Waals surface area contributed by atoms with Crippen LogP contribution < -0.4 is 5.32 Å². The Morgan fingerprint density at radius 2 is 1.54 bits per heavy atom. The smallest absolute Gasteiger partial charge is 0.306 e. The van der Waals surface area contributed by atoms with Crippen LogP contribution in [0.1, 0.15) is 41.6 Å². The van der Waals surface area contributed by atoms with Crippen molar-refractivity contribution in [3.63, 3.8) is 0 Å². The van der Waals surface area contributed by atoms with Crippen LogP contribution in [0.4, 0.5) is 0 Å². The first-order valence-corrected chi connectivity index (χ1v) is 14.1. The van der Waals surface area contributed by atoms with E-state index in [-0.39, 0.29) is 30.7 Å². The quantitative estimate of drug-likeness (QED) is 0.204. The Morgan fingerprint density at radius 3 is 2.27 bits per heavy atom. The van der Waals surface area contributed by atoms with Crippen LogP contribution in [0.5, 0.6) is 0 Å². The maximum Gasteiger partial charge on any atom is 0.306 e. The van der Waals surface area contributed by atoms with Crippen LogP contribution in [0.15, 0.2) is 85.5 Å². The Labute approximate surface area is 241 Å². The summed E-state index contributed by atoms with van der Waals surface area (Å²) in [5.74, 6) is -1.34. The van der Waals surface area contributed by atoms with Gasteiger partial charge in [0.15, 0.2) is 0 Å². The third-order valence-electron chi connectivity index (χ3n) is 7.34. The molecule has 0 radical (unpaired) electrons. The van der Waals surface area contributed by atoms with Crippen LogP contribution in [-0.2, 0) is 25.7 Å². The number of esters is 1. The standard InChI is InChI=1S/C33H37N3O5/c1-2-30(37)34-17-9-8-14-28(23-31(38)41-24-25-10-4-3-5-11-25)32(39)35-18-20-36(21-19-35)33(40)29-16-15-26-12-6-7-13-27(26)22-29/h2-7,10-13,15-16,22,28H,1,8-9,14,17-21,23-24H2,(H,34,37)/t28-/m1/s1. The van der Waals surface area contributed by atoms with Gasteiger partial charge >= 0.3 is 5.97 Å². The second-order valence-electron chi connectivity index (χ2n) is 10.2. The van der Waals surface area contributed by atoms with E-state index in [0.29, 0.717) is 57.5 Å². The van der Waals surface area contributed by atoms with Crippen LogP contribution in [-0.4, -0.2) is 66.2 Å². The third-order valence-corrected chi connectivity index (χ3v) is 7.34. The van der Waals surface area contributed by atoms with Gasteiger partial charge in [0.05, 0.1) is 6.42 Å². The molecule has 41 heavy (non-hydrogen) atoms. The third kappa shape index (κ3) is 8.51. The number of carbonyl (C=O) groups is 4. The summed E-state index contributed by atoms with van der Waals surface area (Å²) in [6.07, 6.45) is 3.05. The Hall–Kier alpha value is -4.46. The van der Waals surface area contributed by atoms with Crippen molar-refractivity contribution in [2.75, 3.05) is 32.7 Å². The molecule has 8 heteroatoms. The minimum atomic E-state index is -0.531. The molecule has 1 saturated heterocycles. The van der Waals surface area contributed by atoms with Gasteiger partial charge in [0.1, 0.15) is 6.61 Å². The highest BCUT2D eigenvalue weighted by atomic mass is 16.5. The fourth-order valence-electron chi connectivity index (χ4n) is 5.00. The molecule has 214 valence electrons. The van der Waals surface area contributed by atoms with Gasteiger partial charge in [0.2, 0.25) is 11.8 Å². The summed E-state index contributed by atoms with van der Waals surface area (Å²) in [7, 11) is 0. The van der Waals surface area contributed by atoms with Gasteiger partial charge in [0, 0.05) is 44.2 Å². The summed E-state index contributed by atoms with van der Waals surface area (Å²) in [6.45, 7) is 5.74. The zero-order valence-electron chi connectivity index (χ0n) is 23.3. The van der Waals surface area contributed by atoms with Crippen molar-refractivity contribution in [1.29, 1.82) is 0 Å². The first-order valence-electron chi connectivity index (χ1n) is 14.1. The number of benzene rings is 3. The van der Waals surface area contributed by atoms with Gasteiger partial charge < -0.3 is 19.9 Å². The molecule has 1 heterocycles. The van der Waals surface area contributed by atoms with E-state index in [1.165, 1.54) is 6.08 Å². The van der Waals surface area contributed by atoms with Crippen molar-refractivity contribution in [2.45, 2.75) is 32.3 Å². The van der Waals surface area contributed by atoms with Crippen LogP contribution in [0.2, 0.25) is 0 Å². The second-order valence-corrected chi connectivity index (χ2v) is 10.2. The molecule has 1 atom stereocenters. The lowest BCUT2D eigenvalue weighted by Gasteiger charge is -2.36. The van der Waals surface area contributed by atoms with Crippen molar-refractivity contribution in [3.8, 4) is 0 Å². The number of hydrogen-bond donors (Lipinski definition) is 1. The fourth-order valence-corrected chi connectivity index (χ4v) is 5.00. The van der Waals surface area contributed by atoms with E-state index >= 15 is 0 Å². The van der Waals surface area contributed by atoms with Crippen molar-refractivity contribution in [2.24, 2.45) is 5.92 Å². The van der Waals surface area contributed by atoms with Gasteiger partial charge in [-0.3, -0.25) is 19.2 Å². The van der Waals surface area contributed by atoms with E-state index < -0.39 is 11.9 Å². The molecule has 0 unspecified atom stereocenters. The van der Waals surface area contributed by atoms with Crippen LogP contribution in [0, 0.1) is 5.92 Å². The number of rotatable bonds is 12. The van der Waals surface area contributed by atoms with E-state index in [4.69, 9.17) is 4.74 Å². The molecule has 8 nitrogen and oxygen atoms in total. The molecule has 3 aromatic rings. The molecule has 1 N–H and O–H groups in total. The zero-order chi connectivity index (χ0) is 29.0. The fraction of sp³-hybridized carbons (Fsp3) is 0.333. The molecule has 3 aromatic carbocycles. The number of fused-ring (bicyclic) bond motifs is 1. The maximum absolute atomic E-state index is 13.6. The molecule has 1 aliphatic rings. The highest BCUT2D eigenvalue weighted by Gasteiger charge is 2.31. The monoisotopic (exact) mass is 555 g/mol. The number of ether oxygens (including phenoxy) is 1. The number of amides is 3. The lowest BCUT2D eigenvalue weighted by Crippen LogP contribution is -2.52. The molecule has 3 amide bonds. The molecule has 1 fully saturated rings. The normalized spacial score (nSPS) is 13.9. The Morgan fingerprint density at radius 1 is 0.854 bits per heavy atom. The van der Waals surface area contributed by atoms with E-state index in [1.807, 2.05) is 72.8 Å². The zero-order valence-corrected chi connectivity index (χ0v) is 23.3. The molecule has 0 spiro atoms. The van der Waals surface area contributed by atoms with Crippen molar-refractivity contribution < 1.29 is 23.9 Å². The van der Waals surface area contributed by atoms with Crippen molar-refractivity contribution in [1.82, 2.24) is 15.1 Å². The topological polar surface area (TPSA) is 96.0 Å². The molecule has 0 aliphatic carbocycles. The van der Waals surface area contributed by atoms with Gasteiger partial charge in [-0.25, -0.2) is 0 Å². The molecule has 4 rings (SSSR count). The highest BCUT2D eigenvalue weighted by Crippen LogP contribution is 2.21. The lowest BCUT2D eigenvalue weighted by atomic mass is 9.96. The predicted octanol–water partition coefficient (Wildman–Crippen LogP) is 4.35. The Kier molecular flexibility index (Phi) is 10.7. The summed E-state index contributed by atoms with van der Waals surface area (Å²) in [5, 5.41) is 4.83. The molecular formula is C33H37N3O5. The number of nitrogens with one attached hydrogen (secondary N) is 1. The number of nitrogens with zero attached hydrogens (tertiary/aromatic N) is 2. The van der Waals surface area contributed by atoms with Gasteiger partial charge in [0.25, 0.3) is 5.91 Å². The van der Waals surface area contributed by atoms with Gasteiger partial charge in [-0.05, 0) is 47.4 Å². The molecule has 0 bridgehead atoms. The molecule has 0 saturated carbocycles. The molecule has 1 aliphatic heterocycles. The van der Waals surface area contributed by atoms with E-state index in [2.05, 4.69) is 11.9 Å². The first kappa shape index (κ1) is 29.5. The first-order chi connectivity index (χ1) is 19.9. The maximum atomic E-state index is 13.6. The van der Waals surface area contributed by atoms with E-state index in [0.717, 1.165) is 16.3 Å². The second kappa shape index (κ2) is 14.8. The Bertz CT molecular complexity index is 1370. The van der Waals surface area contributed by atoms with Gasteiger partial charge in [-0.15, -0.1) is 0 Å². The number of hydrogen-bond acceptors (Lipinski definition) is 5. The minimum absolute atomic E-state index is 0.0130. The average Bonchev–Trinajstić information content (AvgIpc) is 3.02. The molecule has 0 aromatic heterocycles. The van der Waals surface area contributed by atoms with Gasteiger partial charge in [-0.1, -0.05) is 73.7 Å². The van der Waals surface area contributed by atoms with Crippen molar-refractivity contribution >= 4 is 34.5 Å². The summed E-state index contributed by atoms with van der Waals surface area (Å²) in [5.41, 5.74) is 1.51. The van der Waals surface area contributed by atoms with E-state index in [1.54, 1.807) is 9.80 Å².